The Bertz CT molecular complexity index is 1090. The van der Waals surface area contributed by atoms with Crippen LogP contribution in [0.5, 0.6) is 0 Å². The zero-order valence-corrected chi connectivity index (χ0v) is 16.5. The standard InChI is InChI=1S/C20H24N8O/c1-3-27(4-2)7-8-28-13-16(12-23-28)24-20(29)19-17-6-5-14(9-18(17)25-26-19)15-10-21-22-11-15/h5-6,9-13H,3-4,7-8H2,1-2H3,(H,21,22)(H,24,29)(H,25,26). The first kappa shape index (κ1) is 18.9. The fourth-order valence-corrected chi connectivity index (χ4v) is 3.31. The summed E-state index contributed by atoms with van der Waals surface area (Å²) in [5.74, 6) is -0.268. The number of aromatic amines is 2. The molecule has 3 aromatic heterocycles. The monoisotopic (exact) mass is 392 g/mol. The van der Waals surface area contributed by atoms with Crippen molar-refractivity contribution in [2.75, 3.05) is 25.0 Å². The summed E-state index contributed by atoms with van der Waals surface area (Å²) in [5.41, 5.74) is 3.78. The van der Waals surface area contributed by atoms with Gasteiger partial charge >= 0.3 is 0 Å². The van der Waals surface area contributed by atoms with E-state index in [1.165, 1.54) is 0 Å². The molecule has 4 aromatic rings. The van der Waals surface area contributed by atoms with E-state index in [9.17, 15) is 4.79 Å². The topological polar surface area (TPSA) is 108 Å². The van der Waals surface area contributed by atoms with Crippen molar-refractivity contribution in [2.24, 2.45) is 0 Å². The number of benzene rings is 1. The average Bonchev–Trinajstić information content (AvgIpc) is 3.49. The molecule has 1 aromatic carbocycles. The molecule has 0 atom stereocenters. The lowest BCUT2D eigenvalue weighted by molar-refractivity contribution is 0.102. The second-order valence-electron chi connectivity index (χ2n) is 6.79. The summed E-state index contributed by atoms with van der Waals surface area (Å²) in [6.07, 6.45) is 7.07. The first-order valence-electron chi connectivity index (χ1n) is 9.71. The van der Waals surface area contributed by atoms with Crippen LogP contribution in [-0.4, -0.2) is 60.6 Å². The van der Waals surface area contributed by atoms with E-state index in [2.05, 4.69) is 49.6 Å². The van der Waals surface area contributed by atoms with E-state index in [1.54, 1.807) is 12.4 Å². The van der Waals surface area contributed by atoms with Crippen LogP contribution >= 0.6 is 0 Å². The highest BCUT2D eigenvalue weighted by Gasteiger charge is 2.16. The molecular weight excluding hydrogens is 368 g/mol. The number of likely N-dealkylation sites (N-methyl/N-ethyl adjacent to an activating group) is 1. The van der Waals surface area contributed by atoms with Crippen molar-refractivity contribution in [3.05, 3.63) is 48.7 Å². The van der Waals surface area contributed by atoms with Gasteiger partial charge in [0, 0.05) is 29.9 Å². The van der Waals surface area contributed by atoms with Crippen molar-refractivity contribution >= 4 is 22.5 Å². The van der Waals surface area contributed by atoms with Crippen LogP contribution in [0.3, 0.4) is 0 Å². The predicted octanol–water partition coefficient (Wildman–Crippen LogP) is 2.74. The lowest BCUT2D eigenvalue weighted by atomic mass is 10.1. The molecule has 4 rings (SSSR count). The van der Waals surface area contributed by atoms with Gasteiger partial charge in [0.15, 0.2) is 5.69 Å². The summed E-state index contributed by atoms with van der Waals surface area (Å²) >= 11 is 0. The number of carbonyl (C=O) groups excluding carboxylic acids is 1. The van der Waals surface area contributed by atoms with Crippen LogP contribution in [0.25, 0.3) is 22.0 Å². The van der Waals surface area contributed by atoms with Gasteiger partial charge in [-0.25, -0.2) is 0 Å². The number of hydrogen-bond acceptors (Lipinski definition) is 5. The quantitative estimate of drug-likeness (QED) is 0.427. The van der Waals surface area contributed by atoms with E-state index < -0.39 is 0 Å². The first-order chi connectivity index (χ1) is 14.2. The molecule has 9 nitrogen and oxygen atoms in total. The highest BCUT2D eigenvalue weighted by molar-refractivity contribution is 6.11. The lowest BCUT2D eigenvalue weighted by Gasteiger charge is -2.17. The summed E-state index contributed by atoms with van der Waals surface area (Å²) < 4.78 is 1.84. The van der Waals surface area contributed by atoms with Gasteiger partial charge in [-0.05, 0) is 30.8 Å². The molecular formula is C20H24N8O. The summed E-state index contributed by atoms with van der Waals surface area (Å²) in [7, 11) is 0. The zero-order chi connectivity index (χ0) is 20.2. The summed E-state index contributed by atoms with van der Waals surface area (Å²) in [5, 5.41) is 21.9. The molecule has 0 aliphatic heterocycles. The minimum Gasteiger partial charge on any atom is -0.318 e. The highest BCUT2D eigenvalue weighted by Crippen LogP contribution is 2.24. The van der Waals surface area contributed by atoms with Crippen molar-refractivity contribution in [3.8, 4) is 11.1 Å². The van der Waals surface area contributed by atoms with E-state index in [-0.39, 0.29) is 5.91 Å². The molecule has 1 amide bonds. The number of carbonyl (C=O) groups is 1. The number of nitrogens with zero attached hydrogens (tertiary/aromatic N) is 5. The number of amides is 1. The maximum Gasteiger partial charge on any atom is 0.276 e. The van der Waals surface area contributed by atoms with Crippen LogP contribution in [0.15, 0.2) is 43.0 Å². The maximum absolute atomic E-state index is 12.7. The predicted molar refractivity (Wildman–Crippen MR) is 112 cm³/mol. The van der Waals surface area contributed by atoms with Gasteiger partial charge < -0.3 is 10.2 Å². The molecule has 0 aliphatic carbocycles. The average molecular weight is 392 g/mol. The molecule has 150 valence electrons. The number of H-pyrrole nitrogens is 2. The molecule has 29 heavy (non-hydrogen) atoms. The Balaban J connectivity index is 1.45. The summed E-state index contributed by atoms with van der Waals surface area (Å²) in [6.45, 7) is 8.01. The molecule has 3 heterocycles. The smallest absolute Gasteiger partial charge is 0.276 e. The number of hydrogen-bond donors (Lipinski definition) is 3. The third-order valence-corrected chi connectivity index (χ3v) is 5.04. The fourth-order valence-electron chi connectivity index (χ4n) is 3.31. The molecule has 0 fully saturated rings. The molecule has 0 aliphatic rings. The van der Waals surface area contributed by atoms with Crippen molar-refractivity contribution < 1.29 is 4.79 Å². The largest absolute Gasteiger partial charge is 0.318 e. The first-order valence-corrected chi connectivity index (χ1v) is 9.71. The van der Waals surface area contributed by atoms with E-state index in [1.807, 2.05) is 35.3 Å². The molecule has 3 N–H and O–H groups in total. The number of nitrogens with one attached hydrogen (secondary N) is 3. The molecule has 0 saturated carbocycles. The Morgan fingerprint density at radius 1 is 1.21 bits per heavy atom. The zero-order valence-electron chi connectivity index (χ0n) is 16.5. The SMILES string of the molecule is CCN(CC)CCn1cc(NC(=O)c2n[nH]c3cc(-c4cn[nH]c4)ccc23)cn1. The van der Waals surface area contributed by atoms with Crippen LogP contribution < -0.4 is 5.32 Å². The van der Waals surface area contributed by atoms with Gasteiger partial charge in [-0.15, -0.1) is 0 Å². The third-order valence-electron chi connectivity index (χ3n) is 5.04. The van der Waals surface area contributed by atoms with E-state index in [0.717, 1.165) is 48.2 Å². The Morgan fingerprint density at radius 2 is 2.07 bits per heavy atom. The Morgan fingerprint density at radius 3 is 2.83 bits per heavy atom. The molecule has 0 radical (unpaired) electrons. The van der Waals surface area contributed by atoms with Crippen molar-refractivity contribution in [1.29, 1.82) is 0 Å². The van der Waals surface area contributed by atoms with Gasteiger partial charge in [0.1, 0.15) is 0 Å². The molecule has 9 heteroatoms. The van der Waals surface area contributed by atoms with Crippen LogP contribution in [-0.2, 0) is 6.54 Å². The molecule has 0 bridgehead atoms. The van der Waals surface area contributed by atoms with Gasteiger partial charge in [0.05, 0.1) is 30.1 Å². The maximum atomic E-state index is 12.7. The minimum absolute atomic E-state index is 0.268. The highest BCUT2D eigenvalue weighted by atomic mass is 16.2. The van der Waals surface area contributed by atoms with Gasteiger partial charge in [-0.2, -0.15) is 15.3 Å². The van der Waals surface area contributed by atoms with Gasteiger partial charge in [-0.3, -0.25) is 19.7 Å². The van der Waals surface area contributed by atoms with Crippen molar-refractivity contribution in [2.45, 2.75) is 20.4 Å². The molecule has 0 unspecified atom stereocenters. The Labute approximate surface area is 168 Å². The van der Waals surface area contributed by atoms with E-state index >= 15 is 0 Å². The normalized spacial score (nSPS) is 11.4. The number of anilines is 1. The number of aromatic nitrogens is 6. The lowest BCUT2D eigenvalue weighted by Crippen LogP contribution is -2.27. The van der Waals surface area contributed by atoms with Crippen LogP contribution in [0, 0.1) is 0 Å². The third kappa shape index (κ3) is 4.04. The second-order valence-corrected chi connectivity index (χ2v) is 6.79. The number of rotatable bonds is 8. The van der Waals surface area contributed by atoms with Crippen LogP contribution in [0.2, 0.25) is 0 Å². The van der Waals surface area contributed by atoms with Gasteiger partial charge in [0.25, 0.3) is 5.91 Å². The van der Waals surface area contributed by atoms with Crippen LogP contribution in [0.1, 0.15) is 24.3 Å². The summed E-state index contributed by atoms with van der Waals surface area (Å²) in [6, 6.07) is 5.80. The van der Waals surface area contributed by atoms with E-state index in [0.29, 0.717) is 11.4 Å². The summed E-state index contributed by atoms with van der Waals surface area (Å²) in [4.78, 5) is 15.0. The van der Waals surface area contributed by atoms with Crippen LogP contribution in [0.4, 0.5) is 5.69 Å². The fraction of sp³-hybridized carbons (Fsp3) is 0.300. The molecule has 0 saturated heterocycles. The van der Waals surface area contributed by atoms with Crippen molar-refractivity contribution in [1.82, 2.24) is 35.1 Å². The minimum atomic E-state index is -0.268. The second kappa shape index (κ2) is 8.27. The van der Waals surface area contributed by atoms with E-state index in [4.69, 9.17) is 0 Å². The Kier molecular flexibility index (Phi) is 5.39. The van der Waals surface area contributed by atoms with Gasteiger partial charge in [0.2, 0.25) is 0 Å². The van der Waals surface area contributed by atoms with Gasteiger partial charge in [-0.1, -0.05) is 19.9 Å². The van der Waals surface area contributed by atoms with Crippen molar-refractivity contribution in [3.63, 3.8) is 0 Å². The Hall–Kier alpha value is -3.46. The molecule has 0 spiro atoms. The number of fused-ring (bicyclic) bond motifs is 1.